The van der Waals surface area contributed by atoms with Crippen LogP contribution in [0.4, 0.5) is 11.4 Å². The van der Waals surface area contributed by atoms with Crippen LogP contribution in [-0.2, 0) is 16.0 Å². The van der Waals surface area contributed by atoms with Crippen LogP contribution in [0.1, 0.15) is 17.5 Å². The number of halogens is 1. The third-order valence-electron chi connectivity index (χ3n) is 4.73. The van der Waals surface area contributed by atoms with E-state index in [0.717, 1.165) is 25.1 Å². The number of hydrogen-bond donors (Lipinski definition) is 1. The van der Waals surface area contributed by atoms with Crippen molar-refractivity contribution in [3.05, 3.63) is 58.6 Å². The molecule has 142 valence electrons. The second kappa shape index (κ2) is 8.44. The van der Waals surface area contributed by atoms with Gasteiger partial charge in [0.1, 0.15) is 0 Å². The molecule has 0 bridgehead atoms. The molecule has 5 nitrogen and oxygen atoms in total. The minimum absolute atomic E-state index is 0.0152. The molecule has 0 fully saturated rings. The maximum atomic E-state index is 12.6. The average Bonchev–Trinajstić information content (AvgIpc) is 2.63. The summed E-state index contributed by atoms with van der Waals surface area (Å²) in [6.07, 6.45) is 2.07. The van der Waals surface area contributed by atoms with E-state index in [0.29, 0.717) is 10.7 Å². The van der Waals surface area contributed by atoms with Crippen molar-refractivity contribution in [2.24, 2.45) is 0 Å². The van der Waals surface area contributed by atoms with Gasteiger partial charge in [0, 0.05) is 19.3 Å². The third-order valence-corrected chi connectivity index (χ3v) is 5.06. The summed E-state index contributed by atoms with van der Waals surface area (Å²) in [5, 5.41) is 3.22. The highest BCUT2D eigenvalue weighted by molar-refractivity contribution is 6.33. The predicted octanol–water partition coefficient (Wildman–Crippen LogP) is 3.50. The number of likely N-dealkylation sites (N-methyl/N-ethyl adjacent to an activating group) is 1. The Kier molecular flexibility index (Phi) is 6.01. The molecule has 1 N–H and O–H groups in total. The quantitative estimate of drug-likeness (QED) is 0.857. The lowest BCUT2D eigenvalue weighted by atomic mass is 9.99. The van der Waals surface area contributed by atoms with Crippen LogP contribution in [0.2, 0.25) is 5.02 Å². The van der Waals surface area contributed by atoms with E-state index in [1.54, 1.807) is 31.3 Å². The number of carbonyl (C=O) groups excluding carboxylic acids is 2. The second-order valence-electron chi connectivity index (χ2n) is 6.94. The molecule has 6 heteroatoms. The van der Waals surface area contributed by atoms with E-state index < -0.39 is 0 Å². The van der Waals surface area contributed by atoms with Gasteiger partial charge in [0.15, 0.2) is 0 Å². The number of para-hydroxylation sites is 1. The van der Waals surface area contributed by atoms with Gasteiger partial charge in [-0.2, -0.15) is 0 Å². The van der Waals surface area contributed by atoms with Crippen LogP contribution in [0.3, 0.4) is 0 Å². The van der Waals surface area contributed by atoms with Crippen molar-refractivity contribution in [1.82, 2.24) is 4.90 Å². The number of rotatable bonds is 5. The summed E-state index contributed by atoms with van der Waals surface area (Å²) in [5.41, 5.74) is 4.18. The second-order valence-corrected chi connectivity index (χ2v) is 7.34. The number of benzene rings is 2. The molecular formula is C21H24ClN3O2. The summed E-state index contributed by atoms with van der Waals surface area (Å²) < 4.78 is 0. The number of carbonyl (C=O) groups is 2. The molecular weight excluding hydrogens is 362 g/mol. The first-order valence-corrected chi connectivity index (χ1v) is 9.44. The molecule has 27 heavy (non-hydrogen) atoms. The van der Waals surface area contributed by atoms with E-state index >= 15 is 0 Å². The van der Waals surface area contributed by atoms with Crippen LogP contribution in [0.15, 0.2) is 42.5 Å². The summed E-state index contributed by atoms with van der Waals surface area (Å²) in [6, 6.07) is 13.4. The molecule has 1 aliphatic rings. The molecule has 1 aliphatic heterocycles. The van der Waals surface area contributed by atoms with Crippen LogP contribution in [0.25, 0.3) is 0 Å². The van der Waals surface area contributed by atoms with Crippen molar-refractivity contribution in [2.45, 2.75) is 19.8 Å². The number of nitrogens with zero attached hydrogens (tertiary/aromatic N) is 2. The molecule has 0 saturated carbocycles. The first-order chi connectivity index (χ1) is 12.9. The van der Waals surface area contributed by atoms with Crippen molar-refractivity contribution < 1.29 is 9.59 Å². The summed E-state index contributed by atoms with van der Waals surface area (Å²) in [7, 11) is 1.65. The van der Waals surface area contributed by atoms with Crippen molar-refractivity contribution in [2.75, 3.05) is 36.9 Å². The van der Waals surface area contributed by atoms with Gasteiger partial charge in [-0.3, -0.25) is 9.59 Å². The number of hydrogen-bond acceptors (Lipinski definition) is 3. The van der Waals surface area contributed by atoms with Crippen LogP contribution in [0, 0.1) is 6.92 Å². The molecule has 2 aromatic carbocycles. The fraction of sp³-hybridized carbons (Fsp3) is 0.333. The fourth-order valence-corrected chi connectivity index (χ4v) is 3.49. The lowest BCUT2D eigenvalue weighted by Gasteiger charge is -2.32. The Balaban J connectivity index is 1.58. The zero-order valence-electron chi connectivity index (χ0n) is 15.7. The molecule has 0 aromatic heterocycles. The predicted molar refractivity (Wildman–Crippen MR) is 109 cm³/mol. The monoisotopic (exact) mass is 385 g/mol. The minimum atomic E-state index is -0.270. The van der Waals surface area contributed by atoms with Crippen molar-refractivity contribution in [3.63, 3.8) is 0 Å². The van der Waals surface area contributed by atoms with E-state index in [2.05, 4.69) is 35.3 Å². The first kappa shape index (κ1) is 19.2. The van der Waals surface area contributed by atoms with Gasteiger partial charge in [0.05, 0.1) is 23.8 Å². The smallest absolute Gasteiger partial charge is 0.244 e. The van der Waals surface area contributed by atoms with Crippen LogP contribution in [0.5, 0.6) is 0 Å². The number of nitrogens with one attached hydrogen (secondary N) is 1. The van der Waals surface area contributed by atoms with Gasteiger partial charge in [0.25, 0.3) is 0 Å². The lowest BCUT2D eigenvalue weighted by molar-refractivity contribution is -0.132. The molecule has 2 aromatic rings. The Hall–Kier alpha value is -2.53. The van der Waals surface area contributed by atoms with E-state index in [1.165, 1.54) is 16.0 Å². The molecule has 0 atom stereocenters. The molecule has 1 heterocycles. The maximum absolute atomic E-state index is 12.6. The highest BCUT2D eigenvalue weighted by atomic mass is 35.5. The molecule has 0 aliphatic carbocycles. The van der Waals surface area contributed by atoms with Gasteiger partial charge < -0.3 is 15.1 Å². The van der Waals surface area contributed by atoms with Crippen molar-refractivity contribution in [3.8, 4) is 0 Å². The topological polar surface area (TPSA) is 52.7 Å². The Bertz CT molecular complexity index is 853. The van der Waals surface area contributed by atoms with E-state index in [9.17, 15) is 9.59 Å². The van der Waals surface area contributed by atoms with Crippen LogP contribution < -0.4 is 10.2 Å². The fourth-order valence-electron chi connectivity index (χ4n) is 3.31. The molecule has 0 radical (unpaired) electrons. The summed E-state index contributed by atoms with van der Waals surface area (Å²) in [6.45, 7) is 3.18. The molecule has 3 rings (SSSR count). The SMILES string of the molecule is Cc1ccc2c(c1)CCCN2CC(=O)N(C)CC(=O)Nc1ccccc1Cl. The highest BCUT2D eigenvalue weighted by Gasteiger charge is 2.21. The summed E-state index contributed by atoms with van der Waals surface area (Å²) >= 11 is 6.05. The van der Waals surface area contributed by atoms with E-state index in [-0.39, 0.29) is 24.9 Å². The largest absolute Gasteiger partial charge is 0.362 e. The van der Waals surface area contributed by atoms with Gasteiger partial charge >= 0.3 is 0 Å². The zero-order chi connectivity index (χ0) is 19.4. The Morgan fingerprint density at radius 2 is 2.00 bits per heavy atom. The molecule has 0 unspecified atom stereocenters. The Labute approximate surface area is 164 Å². The van der Waals surface area contributed by atoms with Crippen LogP contribution >= 0.6 is 11.6 Å². The van der Waals surface area contributed by atoms with Gasteiger partial charge in [0.2, 0.25) is 11.8 Å². The van der Waals surface area contributed by atoms with Gasteiger partial charge in [-0.25, -0.2) is 0 Å². The lowest BCUT2D eigenvalue weighted by Crippen LogP contribution is -2.43. The normalized spacial score (nSPS) is 13.1. The Morgan fingerprint density at radius 3 is 2.78 bits per heavy atom. The molecule has 0 spiro atoms. The van der Waals surface area contributed by atoms with Gasteiger partial charge in [-0.15, -0.1) is 0 Å². The van der Waals surface area contributed by atoms with E-state index in [4.69, 9.17) is 11.6 Å². The van der Waals surface area contributed by atoms with Gasteiger partial charge in [-0.05, 0) is 43.5 Å². The first-order valence-electron chi connectivity index (χ1n) is 9.07. The Morgan fingerprint density at radius 1 is 1.22 bits per heavy atom. The van der Waals surface area contributed by atoms with Crippen molar-refractivity contribution >= 4 is 34.8 Å². The maximum Gasteiger partial charge on any atom is 0.244 e. The molecule has 0 saturated heterocycles. The summed E-state index contributed by atoms with van der Waals surface area (Å²) in [5.74, 6) is -0.355. The number of anilines is 2. The van der Waals surface area contributed by atoms with Crippen molar-refractivity contribution in [1.29, 1.82) is 0 Å². The number of aryl methyl sites for hydroxylation is 2. The standard InChI is InChI=1S/C21H24ClN3O2/c1-15-9-10-19-16(12-15)6-5-11-25(19)14-21(27)24(2)13-20(26)23-18-8-4-3-7-17(18)22/h3-4,7-10,12H,5-6,11,13-14H2,1-2H3,(H,23,26). The van der Waals surface area contributed by atoms with E-state index in [1.807, 2.05) is 0 Å². The number of fused-ring (bicyclic) bond motifs is 1. The van der Waals surface area contributed by atoms with Gasteiger partial charge in [-0.1, -0.05) is 41.4 Å². The zero-order valence-corrected chi connectivity index (χ0v) is 16.4. The highest BCUT2D eigenvalue weighted by Crippen LogP contribution is 2.27. The summed E-state index contributed by atoms with van der Waals surface area (Å²) in [4.78, 5) is 28.4. The minimum Gasteiger partial charge on any atom is -0.362 e. The third kappa shape index (κ3) is 4.80. The molecule has 2 amide bonds. The van der Waals surface area contributed by atoms with Crippen LogP contribution in [-0.4, -0.2) is 43.4 Å². The number of amides is 2. The average molecular weight is 386 g/mol.